The van der Waals surface area contributed by atoms with Gasteiger partial charge >= 0.3 is 0 Å². The van der Waals surface area contributed by atoms with Crippen LogP contribution in [-0.2, 0) is 6.54 Å². The number of carbonyl (C=O) groups excluding carboxylic acids is 1. The maximum Gasteiger partial charge on any atom is 0.282 e. The van der Waals surface area contributed by atoms with Crippen LogP contribution in [0.2, 0.25) is 15.1 Å². The van der Waals surface area contributed by atoms with Crippen LogP contribution in [0, 0.1) is 0 Å². The highest BCUT2D eigenvalue weighted by atomic mass is 35.5. The van der Waals surface area contributed by atoms with E-state index in [1.54, 1.807) is 37.4 Å². The third-order valence-corrected chi connectivity index (χ3v) is 5.62. The SMILES string of the molecule is COc1ccc(-c2nc(NCc3ccccc3Cl)n(C(=O)c3ccc(Cl)cc3Cl)n2)cc1. The van der Waals surface area contributed by atoms with E-state index in [9.17, 15) is 4.79 Å². The molecule has 32 heavy (non-hydrogen) atoms. The molecule has 6 nitrogen and oxygen atoms in total. The molecule has 0 aliphatic heterocycles. The van der Waals surface area contributed by atoms with Crippen molar-refractivity contribution in [1.82, 2.24) is 14.8 Å². The smallest absolute Gasteiger partial charge is 0.282 e. The average molecular weight is 488 g/mol. The first-order chi connectivity index (χ1) is 15.5. The van der Waals surface area contributed by atoms with Crippen LogP contribution in [-0.4, -0.2) is 27.8 Å². The van der Waals surface area contributed by atoms with Crippen molar-refractivity contribution in [1.29, 1.82) is 0 Å². The molecule has 4 rings (SSSR count). The van der Waals surface area contributed by atoms with Crippen molar-refractivity contribution in [3.05, 3.63) is 92.9 Å². The van der Waals surface area contributed by atoms with Crippen LogP contribution in [0.25, 0.3) is 11.4 Å². The molecule has 9 heteroatoms. The fraction of sp³-hybridized carbons (Fsp3) is 0.0870. The van der Waals surface area contributed by atoms with Gasteiger partial charge < -0.3 is 10.1 Å². The summed E-state index contributed by atoms with van der Waals surface area (Å²) in [5.74, 6) is 0.884. The average Bonchev–Trinajstić information content (AvgIpc) is 3.22. The Morgan fingerprint density at radius 3 is 2.44 bits per heavy atom. The lowest BCUT2D eigenvalue weighted by atomic mass is 10.2. The van der Waals surface area contributed by atoms with E-state index in [4.69, 9.17) is 39.5 Å². The third-order valence-electron chi connectivity index (χ3n) is 4.70. The number of methoxy groups -OCH3 is 1. The van der Waals surface area contributed by atoms with Gasteiger partial charge in [-0.3, -0.25) is 4.79 Å². The van der Waals surface area contributed by atoms with Crippen molar-refractivity contribution in [2.24, 2.45) is 0 Å². The fourth-order valence-corrected chi connectivity index (χ4v) is 3.72. The van der Waals surface area contributed by atoms with Crippen LogP contribution in [0.4, 0.5) is 5.95 Å². The Labute approximate surface area is 199 Å². The highest BCUT2D eigenvalue weighted by Gasteiger charge is 2.21. The van der Waals surface area contributed by atoms with Gasteiger partial charge in [0.2, 0.25) is 5.95 Å². The van der Waals surface area contributed by atoms with E-state index < -0.39 is 5.91 Å². The first-order valence-electron chi connectivity index (χ1n) is 9.55. The number of rotatable bonds is 6. The largest absolute Gasteiger partial charge is 0.497 e. The standard InChI is InChI=1S/C23H17Cl3N4O2/c1-32-17-9-6-14(7-10-17)21-28-23(27-13-15-4-2-3-5-19(15)25)30(29-21)22(31)18-11-8-16(24)12-20(18)26/h2-12H,13H2,1H3,(H,27,28,29). The lowest BCUT2D eigenvalue weighted by Crippen LogP contribution is -2.18. The molecule has 0 amide bonds. The van der Waals surface area contributed by atoms with Gasteiger partial charge in [-0.25, -0.2) is 0 Å². The molecule has 1 N–H and O–H groups in total. The summed E-state index contributed by atoms with van der Waals surface area (Å²) < 4.78 is 6.39. The van der Waals surface area contributed by atoms with E-state index in [0.717, 1.165) is 11.1 Å². The monoisotopic (exact) mass is 486 g/mol. The van der Waals surface area contributed by atoms with E-state index in [0.29, 0.717) is 28.2 Å². The second kappa shape index (κ2) is 9.61. The molecule has 0 radical (unpaired) electrons. The number of nitrogens with one attached hydrogen (secondary N) is 1. The fourth-order valence-electron chi connectivity index (χ4n) is 3.02. The maximum absolute atomic E-state index is 13.3. The summed E-state index contributed by atoms with van der Waals surface area (Å²) in [5, 5.41) is 8.85. The van der Waals surface area contributed by atoms with Crippen molar-refractivity contribution in [2.45, 2.75) is 6.54 Å². The number of nitrogens with zero attached hydrogens (tertiary/aromatic N) is 3. The predicted molar refractivity (Wildman–Crippen MR) is 127 cm³/mol. The van der Waals surface area contributed by atoms with Gasteiger partial charge in [0, 0.05) is 22.2 Å². The minimum atomic E-state index is -0.444. The Morgan fingerprint density at radius 2 is 1.75 bits per heavy atom. The Balaban J connectivity index is 1.72. The summed E-state index contributed by atoms with van der Waals surface area (Å²) in [6.45, 7) is 0.349. The van der Waals surface area contributed by atoms with E-state index in [1.165, 1.54) is 10.7 Å². The molecule has 1 heterocycles. The van der Waals surface area contributed by atoms with E-state index in [1.807, 2.05) is 30.3 Å². The zero-order chi connectivity index (χ0) is 22.7. The van der Waals surface area contributed by atoms with Gasteiger partial charge in [-0.15, -0.1) is 5.10 Å². The molecular formula is C23H17Cl3N4O2. The van der Waals surface area contributed by atoms with Crippen molar-refractivity contribution in [2.75, 3.05) is 12.4 Å². The van der Waals surface area contributed by atoms with Gasteiger partial charge in [0.25, 0.3) is 5.91 Å². The molecule has 0 spiro atoms. The van der Waals surface area contributed by atoms with Crippen molar-refractivity contribution < 1.29 is 9.53 Å². The lowest BCUT2D eigenvalue weighted by Gasteiger charge is -2.09. The van der Waals surface area contributed by atoms with Gasteiger partial charge in [-0.1, -0.05) is 53.0 Å². The Morgan fingerprint density at radius 1 is 1.00 bits per heavy atom. The summed E-state index contributed by atoms with van der Waals surface area (Å²) in [5.41, 5.74) is 1.83. The van der Waals surface area contributed by atoms with Crippen LogP contribution in [0.5, 0.6) is 5.75 Å². The number of hydrogen-bond donors (Lipinski definition) is 1. The summed E-state index contributed by atoms with van der Waals surface area (Å²) in [6.07, 6.45) is 0. The molecule has 0 aliphatic rings. The summed E-state index contributed by atoms with van der Waals surface area (Å²) in [7, 11) is 1.59. The second-order valence-electron chi connectivity index (χ2n) is 6.77. The molecule has 0 unspecified atom stereocenters. The number of anilines is 1. The summed E-state index contributed by atoms with van der Waals surface area (Å²) in [6, 6.07) is 19.3. The third kappa shape index (κ3) is 4.72. The minimum Gasteiger partial charge on any atom is -0.497 e. The van der Waals surface area contributed by atoms with Gasteiger partial charge in [-0.05, 0) is 54.1 Å². The lowest BCUT2D eigenvalue weighted by molar-refractivity contribution is 0.0947. The number of carbonyl (C=O) groups is 1. The molecule has 4 aromatic rings. The molecule has 3 aromatic carbocycles. The molecule has 0 fully saturated rings. The number of ether oxygens (including phenoxy) is 1. The zero-order valence-electron chi connectivity index (χ0n) is 16.8. The van der Waals surface area contributed by atoms with Crippen LogP contribution >= 0.6 is 34.8 Å². The summed E-state index contributed by atoms with van der Waals surface area (Å²) in [4.78, 5) is 17.8. The summed E-state index contributed by atoms with van der Waals surface area (Å²) >= 11 is 18.5. The number of benzene rings is 3. The van der Waals surface area contributed by atoms with Crippen molar-refractivity contribution in [3.63, 3.8) is 0 Å². The van der Waals surface area contributed by atoms with Crippen LogP contribution in [0.3, 0.4) is 0 Å². The number of hydrogen-bond acceptors (Lipinski definition) is 5. The van der Waals surface area contributed by atoms with E-state index in [-0.39, 0.29) is 16.5 Å². The van der Waals surface area contributed by atoms with Crippen LogP contribution in [0.15, 0.2) is 66.7 Å². The second-order valence-corrected chi connectivity index (χ2v) is 8.02. The van der Waals surface area contributed by atoms with Crippen LogP contribution in [0.1, 0.15) is 15.9 Å². The molecular weight excluding hydrogens is 471 g/mol. The molecule has 0 saturated carbocycles. The molecule has 1 aromatic heterocycles. The van der Waals surface area contributed by atoms with Crippen LogP contribution < -0.4 is 10.1 Å². The Hall–Kier alpha value is -3.06. The molecule has 0 bridgehead atoms. The van der Waals surface area contributed by atoms with Gasteiger partial charge in [0.1, 0.15) is 5.75 Å². The van der Waals surface area contributed by atoms with Gasteiger partial charge in [-0.2, -0.15) is 9.67 Å². The quantitative estimate of drug-likeness (QED) is 0.350. The van der Waals surface area contributed by atoms with Crippen molar-refractivity contribution >= 4 is 46.7 Å². The molecule has 0 atom stereocenters. The molecule has 0 saturated heterocycles. The van der Waals surface area contributed by atoms with Gasteiger partial charge in [0.15, 0.2) is 5.82 Å². The normalized spacial score (nSPS) is 10.8. The first-order valence-corrected chi connectivity index (χ1v) is 10.7. The Kier molecular flexibility index (Phi) is 6.65. The molecule has 162 valence electrons. The van der Waals surface area contributed by atoms with Gasteiger partial charge in [0.05, 0.1) is 17.7 Å². The minimum absolute atomic E-state index is 0.223. The predicted octanol–water partition coefficient (Wildman–Crippen LogP) is 6.21. The number of halogens is 3. The highest BCUT2D eigenvalue weighted by molar-refractivity contribution is 6.36. The van der Waals surface area contributed by atoms with E-state index >= 15 is 0 Å². The topological polar surface area (TPSA) is 69.0 Å². The Bertz CT molecular complexity index is 1270. The van der Waals surface area contributed by atoms with E-state index in [2.05, 4.69) is 15.4 Å². The number of aromatic nitrogens is 3. The highest BCUT2D eigenvalue weighted by Crippen LogP contribution is 2.26. The zero-order valence-corrected chi connectivity index (χ0v) is 19.1. The first kappa shape index (κ1) is 22.1. The van der Waals surface area contributed by atoms with Crippen molar-refractivity contribution in [3.8, 4) is 17.1 Å². The molecule has 0 aliphatic carbocycles. The maximum atomic E-state index is 13.3.